The van der Waals surface area contributed by atoms with Crippen LogP contribution in [0, 0.1) is 26.7 Å². The van der Waals surface area contributed by atoms with E-state index in [-0.39, 0.29) is 0 Å². The lowest BCUT2D eigenvalue weighted by Gasteiger charge is -2.25. The van der Waals surface area contributed by atoms with Gasteiger partial charge in [-0.1, -0.05) is 37.0 Å². The number of aryl methyl sites for hydroxylation is 3. The van der Waals surface area contributed by atoms with Crippen molar-refractivity contribution >= 4 is 0 Å². The summed E-state index contributed by atoms with van der Waals surface area (Å²) >= 11 is 0. The van der Waals surface area contributed by atoms with Crippen molar-refractivity contribution in [1.29, 1.82) is 0 Å². The van der Waals surface area contributed by atoms with Crippen molar-refractivity contribution in [3.63, 3.8) is 0 Å². The van der Waals surface area contributed by atoms with Gasteiger partial charge in [0.1, 0.15) is 6.10 Å². The largest absolute Gasteiger partial charge is 0.386 e. The van der Waals surface area contributed by atoms with Crippen LogP contribution in [0.15, 0.2) is 12.1 Å². The van der Waals surface area contributed by atoms with Gasteiger partial charge < -0.3 is 9.84 Å². The highest BCUT2D eigenvalue weighted by Gasteiger charge is 2.18. The van der Waals surface area contributed by atoms with Crippen LogP contribution >= 0.6 is 0 Å². The molecule has 2 rings (SSSR count). The van der Waals surface area contributed by atoms with Gasteiger partial charge in [-0.3, -0.25) is 0 Å². The van der Waals surface area contributed by atoms with Gasteiger partial charge in [-0.25, -0.2) is 0 Å². The summed E-state index contributed by atoms with van der Waals surface area (Å²) in [7, 11) is 0. The summed E-state index contributed by atoms with van der Waals surface area (Å²) in [6, 6.07) is 4.25. The third-order valence-electron chi connectivity index (χ3n) is 4.24. The number of aliphatic hydroxyl groups is 1. The summed E-state index contributed by atoms with van der Waals surface area (Å²) in [5, 5.41) is 10.3. The maximum absolute atomic E-state index is 10.3. The molecule has 0 radical (unpaired) electrons. The molecule has 1 fully saturated rings. The van der Waals surface area contributed by atoms with Crippen molar-refractivity contribution in [2.45, 2.75) is 52.6 Å². The predicted molar refractivity (Wildman–Crippen MR) is 78.4 cm³/mol. The summed E-state index contributed by atoms with van der Waals surface area (Å²) < 4.78 is 5.65. The molecule has 1 unspecified atom stereocenters. The van der Waals surface area contributed by atoms with Crippen LogP contribution in [0.3, 0.4) is 0 Å². The van der Waals surface area contributed by atoms with Crippen LogP contribution in [0.2, 0.25) is 0 Å². The van der Waals surface area contributed by atoms with Crippen molar-refractivity contribution < 1.29 is 9.84 Å². The SMILES string of the molecule is Cc1cc(C)c(C(O)COCCC2CCC2)c(C)c1. The molecule has 0 aromatic heterocycles. The lowest BCUT2D eigenvalue weighted by atomic mass is 9.83. The van der Waals surface area contributed by atoms with Crippen LogP contribution in [-0.4, -0.2) is 18.3 Å². The molecule has 2 nitrogen and oxygen atoms in total. The summed E-state index contributed by atoms with van der Waals surface area (Å²) in [6.07, 6.45) is 4.76. The Morgan fingerprint density at radius 1 is 1.21 bits per heavy atom. The van der Waals surface area contributed by atoms with Crippen molar-refractivity contribution in [1.82, 2.24) is 0 Å². The highest BCUT2D eigenvalue weighted by molar-refractivity contribution is 5.38. The first-order valence-electron chi connectivity index (χ1n) is 7.41. The van der Waals surface area contributed by atoms with Crippen LogP contribution in [0.1, 0.15) is 54.0 Å². The lowest BCUT2D eigenvalue weighted by molar-refractivity contribution is 0.0260. The van der Waals surface area contributed by atoms with Crippen molar-refractivity contribution in [3.8, 4) is 0 Å². The second kappa shape index (κ2) is 6.53. The summed E-state index contributed by atoms with van der Waals surface area (Å²) in [5.41, 5.74) is 4.60. The fraction of sp³-hybridized carbons (Fsp3) is 0.647. The average Bonchev–Trinajstić information content (AvgIpc) is 2.24. The molecule has 19 heavy (non-hydrogen) atoms. The predicted octanol–water partition coefficient (Wildman–Crippen LogP) is 3.85. The van der Waals surface area contributed by atoms with E-state index in [1.807, 2.05) is 0 Å². The van der Waals surface area contributed by atoms with Gasteiger partial charge in [-0.2, -0.15) is 0 Å². The van der Waals surface area contributed by atoms with E-state index in [2.05, 4.69) is 32.9 Å². The van der Waals surface area contributed by atoms with Gasteiger partial charge in [0, 0.05) is 6.61 Å². The van der Waals surface area contributed by atoms with Crippen LogP contribution in [-0.2, 0) is 4.74 Å². The molecule has 0 saturated heterocycles. The number of aliphatic hydroxyl groups excluding tert-OH is 1. The zero-order chi connectivity index (χ0) is 13.8. The molecular formula is C17H26O2. The molecule has 1 aliphatic rings. The zero-order valence-corrected chi connectivity index (χ0v) is 12.4. The molecule has 1 aromatic carbocycles. The summed E-state index contributed by atoms with van der Waals surface area (Å²) in [4.78, 5) is 0. The van der Waals surface area contributed by atoms with Gasteiger partial charge in [0.2, 0.25) is 0 Å². The first-order valence-corrected chi connectivity index (χ1v) is 7.41. The van der Waals surface area contributed by atoms with Crippen molar-refractivity contribution in [2.24, 2.45) is 5.92 Å². The third kappa shape index (κ3) is 3.80. The van der Waals surface area contributed by atoms with E-state index in [1.165, 1.54) is 24.8 Å². The third-order valence-corrected chi connectivity index (χ3v) is 4.24. The minimum Gasteiger partial charge on any atom is -0.386 e. The van der Waals surface area contributed by atoms with Crippen LogP contribution < -0.4 is 0 Å². The van der Waals surface area contributed by atoms with E-state index < -0.39 is 6.10 Å². The Kier molecular flexibility index (Phi) is 5.00. The fourth-order valence-electron chi connectivity index (χ4n) is 3.03. The van der Waals surface area contributed by atoms with Gasteiger partial charge in [-0.05, 0) is 49.8 Å². The van der Waals surface area contributed by atoms with Crippen LogP contribution in [0.25, 0.3) is 0 Å². The summed E-state index contributed by atoms with van der Waals surface area (Å²) in [5.74, 6) is 0.875. The molecule has 0 heterocycles. The summed E-state index contributed by atoms with van der Waals surface area (Å²) in [6.45, 7) is 7.41. The molecule has 1 aliphatic carbocycles. The molecule has 0 spiro atoms. The molecule has 106 valence electrons. The molecule has 1 aromatic rings. The second-order valence-corrected chi connectivity index (χ2v) is 5.99. The van der Waals surface area contributed by atoms with Gasteiger partial charge >= 0.3 is 0 Å². The smallest absolute Gasteiger partial charge is 0.103 e. The molecule has 0 bridgehead atoms. The monoisotopic (exact) mass is 262 g/mol. The number of rotatable bonds is 6. The first kappa shape index (κ1) is 14.5. The Morgan fingerprint density at radius 2 is 1.84 bits per heavy atom. The van der Waals surface area contributed by atoms with E-state index in [4.69, 9.17) is 4.74 Å². The van der Waals surface area contributed by atoms with E-state index >= 15 is 0 Å². The van der Waals surface area contributed by atoms with E-state index in [1.54, 1.807) is 0 Å². The van der Waals surface area contributed by atoms with Crippen LogP contribution in [0.4, 0.5) is 0 Å². The van der Waals surface area contributed by atoms with Gasteiger partial charge in [0.25, 0.3) is 0 Å². The number of benzene rings is 1. The van der Waals surface area contributed by atoms with E-state index in [9.17, 15) is 5.11 Å². The lowest BCUT2D eigenvalue weighted by Crippen LogP contribution is -2.16. The standard InChI is InChI=1S/C17H26O2/c1-12-9-13(2)17(14(3)10-12)16(18)11-19-8-7-15-5-4-6-15/h9-10,15-16,18H,4-8,11H2,1-3H3. The molecule has 2 heteroatoms. The minimum atomic E-state index is -0.498. The minimum absolute atomic E-state index is 0.414. The first-order chi connectivity index (χ1) is 9.08. The maximum Gasteiger partial charge on any atom is 0.103 e. The molecule has 0 amide bonds. The van der Waals surface area contributed by atoms with Gasteiger partial charge in [0.15, 0.2) is 0 Å². The Labute approximate surface area is 116 Å². The zero-order valence-electron chi connectivity index (χ0n) is 12.4. The van der Waals surface area contributed by atoms with Gasteiger partial charge in [-0.15, -0.1) is 0 Å². The fourth-order valence-corrected chi connectivity index (χ4v) is 3.03. The topological polar surface area (TPSA) is 29.5 Å². The van der Waals surface area contributed by atoms with Crippen LogP contribution in [0.5, 0.6) is 0 Å². The van der Waals surface area contributed by atoms with E-state index in [0.717, 1.165) is 35.6 Å². The van der Waals surface area contributed by atoms with Crippen molar-refractivity contribution in [2.75, 3.05) is 13.2 Å². The van der Waals surface area contributed by atoms with E-state index in [0.29, 0.717) is 6.61 Å². The number of ether oxygens (including phenoxy) is 1. The number of hydrogen-bond donors (Lipinski definition) is 1. The Hall–Kier alpha value is -0.860. The Bertz CT molecular complexity index is 398. The molecule has 1 atom stereocenters. The molecule has 0 aliphatic heterocycles. The molecule has 1 saturated carbocycles. The molecular weight excluding hydrogens is 236 g/mol. The van der Waals surface area contributed by atoms with Gasteiger partial charge in [0.05, 0.1) is 6.61 Å². The number of hydrogen-bond acceptors (Lipinski definition) is 2. The molecule has 1 N–H and O–H groups in total. The second-order valence-electron chi connectivity index (χ2n) is 5.99. The van der Waals surface area contributed by atoms with Crippen molar-refractivity contribution in [3.05, 3.63) is 34.4 Å². The normalized spacial score (nSPS) is 17.3. The Balaban J connectivity index is 1.83. The average molecular weight is 262 g/mol. The maximum atomic E-state index is 10.3. The quantitative estimate of drug-likeness (QED) is 0.789. The Morgan fingerprint density at radius 3 is 2.37 bits per heavy atom. The highest BCUT2D eigenvalue weighted by Crippen LogP contribution is 2.29. The highest BCUT2D eigenvalue weighted by atomic mass is 16.5.